The number of unbranched alkanes of at least 4 members (excludes halogenated alkanes) is 1. The van der Waals surface area contributed by atoms with Gasteiger partial charge in [0.1, 0.15) is 6.23 Å². The molecular weight excluding hydrogens is 707 g/mol. The van der Waals surface area contributed by atoms with Gasteiger partial charge in [-0.2, -0.15) is 4.94 Å². The molecule has 15 heteroatoms. The lowest BCUT2D eigenvalue weighted by Gasteiger charge is -2.18. The van der Waals surface area contributed by atoms with Gasteiger partial charge >= 0.3 is 0 Å². The Balaban J connectivity index is -0.000000313. The Kier molecular flexibility index (Phi) is 64.0. The number of methoxy groups -OCH3 is 1. The van der Waals surface area contributed by atoms with Crippen molar-refractivity contribution in [1.82, 2.24) is 10.6 Å². The summed E-state index contributed by atoms with van der Waals surface area (Å²) in [7, 11) is 3.30. The number of ether oxygens (including phenoxy) is 9. The minimum absolute atomic E-state index is 0.402. The van der Waals surface area contributed by atoms with E-state index in [1.165, 1.54) is 0 Å². The molecule has 0 bridgehead atoms. The highest BCUT2D eigenvalue weighted by molar-refractivity contribution is 4.67. The average molecular weight is 789 g/mol. The van der Waals surface area contributed by atoms with Crippen molar-refractivity contribution in [3.8, 4) is 0 Å². The third kappa shape index (κ3) is 59.9. The quantitative estimate of drug-likeness (QED) is 0.0383. The SMILES string of the molecule is C=CCOCCOCCOC.C=CCOCCOCCOCCC.C=CCOCCOCCOCCC.CCCC(O)NCCCCC(NC)C(O)OF. The highest BCUT2D eigenvalue weighted by Gasteiger charge is 2.17. The lowest BCUT2D eigenvalue weighted by Crippen LogP contribution is -2.38. The zero-order chi connectivity index (χ0) is 41.0. The Hall–Kier alpha value is -1.41. The summed E-state index contributed by atoms with van der Waals surface area (Å²) >= 11 is 0. The molecule has 0 fully saturated rings. The summed E-state index contributed by atoms with van der Waals surface area (Å²) in [4.78, 5) is 3.37. The zero-order valence-corrected chi connectivity index (χ0v) is 34.6. The van der Waals surface area contributed by atoms with Crippen LogP contribution in [0.2, 0.25) is 0 Å². The lowest BCUT2D eigenvalue weighted by molar-refractivity contribution is -0.266. The number of aliphatic hydroxyl groups is 2. The van der Waals surface area contributed by atoms with Gasteiger partial charge in [-0.25, -0.2) is 0 Å². The maximum absolute atomic E-state index is 11.8. The first-order chi connectivity index (χ1) is 26.4. The number of hydrogen-bond acceptors (Lipinski definition) is 14. The largest absolute Gasteiger partial charge is 0.382 e. The molecule has 0 amide bonds. The first-order valence-corrected chi connectivity index (χ1v) is 19.4. The van der Waals surface area contributed by atoms with Crippen molar-refractivity contribution in [3.05, 3.63) is 38.0 Å². The van der Waals surface area contributed by atoms with Crippen LogP contribution >= 0.6 is 0 Å². The van der Waals surface area contributed by atoms with Crippen molar-refractivity contribution in [1.29, 1.82) is 0 Å². The van der Waals surface area contributed by atoms with Crippen LogP contribution in [0.3, 0.4) is 0 Å². The lowest BCUT2D eigenvalue weighted by atomic mass is 10.1. The molecule has 0 aromatic carbocycles. The van der Waals surface area contributed by atoms with E-state index in [1.54, 1.807) is 32.4 Å². The van der Waals surface area contributed by atoms with Crippen LogP contribution in [-0.4, -0.2) is 162 Å². The van der Waals surface area contributed by atoms with Gasteiger partial charge in [-0.05, 0) is 50.2 Å². The van der Waals surface area contributed by atoms with Gasteiger partial charge in [0.15, 0.2) is 0 Å². The number of rotatable bonds is 39. The van der Waals surface area contributed by atoms with Crippen molar-refractivity contribution in [2.24, 2.45) is 0 Å². The molecule has 0 saturated carbocycles. The van der Waals surface area contributed by atoms with E-state index in [2.05, 4.69) is 49.2 Å². The molecule has 4 N–H and O–H groups in total. The molecule has 0 aliphatic heterocycles. The second-order valence-electron chi connectivity index (χ2n) is 11.3. The summed E-state index contributed by atoms with van der Waals surface area (Å²) in [6.07, 6.45) is 9.40. The van der Waals surface area contributed by atoms with Crippen LogP contribution in [0.15, 0.2) is 38.0 Å². The molecule has 0 saturated heterocycles. The van der Waals surface area contributed by atoms with E-state index in [-0.39, 0.29) is 0 Å². The molecule has 3 atom stereocenters. The number of halogens is 1. The predicted octanol–water partition coefficient (Wildman–Crippen LogP) is 4.79. The normalized spacial score (nSPS) is 12.2. The molecule has 14 nitrogen and oxygen atoms in total. The molecule has 0 aromatic rings. The third-order valence-electron chi connectivity index (χ3n) is 6.39. The van der Waals surface area contributed by atoms with Gasteiger partial charge in [0.25, 0.3) is 0 Å². The monoisotopic (exact) mass is 789 g/mol. The van der Waals surface area contributed by atoms with Gasteiger partial charge in [0.05, 0.1) is 105 Å². The number of likely N-dealkylation sites (N-methyl/N-ethyl adjacent to an activating group) is 1. The molecule has 0 aromatic heterocycles. The summed E-state index contributed by atoms with van der Waals surface area (Å²) in [5, 5.41) is 24.3. The standard InChI is InChI=1S/C11H25FN2O3.2C10H20O3.C8H16O3/c1-3-6-10(15)14-8-5-4-7-9(13-2)11(16)17-12;2*1-3-5-11-7-9-13-10-8-12-6-4-2;1-3-4-10-7-8-11-6-5-9-2/h9-11,13-16H,3-8H2,1-2H3;2*3H,1,4-10H2,2H3;3H,1,4-8H2,2H3. The predicted molar refractivity (Wildman–Crippen MR) is 213 cm³/mol. The second kappa shape index (κ2) is 58.3. The first-order valence-electron chi connectivity index (χ1n) is 19.4. The topological polar surface area (TPSA) is 157 Å². The Labute approximate surface area is 327 Å². The van der Waals surface area contributed by atoms with Gasteiger partial charge in [-0.3, -0.25) is 5.32 Å². The van der Waals surface area contributed by atoms with Crippen LogP contribution in [0.4, 0.5) is 4.53 Å². The molecule has 0 heterocycles. The van der Waals surface area contributed by atoms with Crippen molar-refractivity contribution in [2.75, 3.05) is 133 Å². The van der Waals surface area contributed by atoms with E-state index in [0.29, 0.717) is 112 Å². The van der Waals surface area contributed by atoms with Crippen molar-refractivity contribution in [2.45, 2.75) is 84.3 Å². The van der Waals surface area contributed by atoms with Crippen LogP contribution in [0.25, 0.3) is 0 Å². The number of hydrogen-bond donors (Lipinski definition) is 4. The van der Waals surface area contributed by atoms with Crippen molar-refractivity contribution < 1.29 is 62.3 Å². The van der Waals surface area contributed by atoms with Gasteiger partial charge < -0.3 is 58.2 Å². The highest BCUT2D eigenvalue weighted by atomic mass is 19.3. The van der Waals surface area contributed by atoms with Crippen molar-refractivity contribution in [3.63, 3.8) is 0 Å². The van der Waals surface area contributed by atoms with Crippen LogP contribution in [0, 0.1) is 0 Å². The smallest absolute Gasteiger partial charge is 0.209 e. The molecule has 0 aliphatic carbocycles. The van der Waals surface area contributed by atoms with Crippen LogP contribution in [0.5, 0.6) is 0 Å². The molecule has 326 valence electrons. The third-order valence-corrected chi connectivity index (χ3v) is 6.39. The Morgan fingerprint density at radius 3 is 1.28 bits per heavy atom. The highest BCUT2D eigenvalue weighted by Crippen LogP contribution is 2.06. The molecule has 3 unspecified atom stereocenters. The maximum atomic E-state index is 11.8. The average Bonchev–Trinajstić information content (AvgIpc) is 3.18. The Morgan fingerprint density at radius 2 is 0.944 bits per heavy atom. The summed E-state index contributed by atoms with van der Waals surface area (Å²) in [6, 6.07) is -0.402. The maximum Gasteiger partial charge on any atom is 0.209 e. The van der Waals surface area contributed by atoms with E-state index >= 15 is 0 Å². The summed E-state index contributed by atoms with van der Waals surface area (Å²) in [5.74, 6) is 0. The van der Waals surface area contributed by atoms with E-state index in [1.807, 2.05) is 6.92 Å². The Morgan fingerprint density at radius 1 is 0.556 bits per heavy atom. The number of nitrogens with one attached hydrogen (secondary N) is 2. The first kappa shape index (κ1) is 59.3. The van der Waals surface area contributed by atoms with Crippen molar-refractivity contribution >= 4 is 0 Å². The summed E-state index contributed by atoms with van der Waals surface area (Å²) in [5.41, 5.74) is 0. The van der Waals surface area contributed by atoms with E-state index < -0.39 is 18.6 Å². The van der Waals surface area contributed by atoms with E-state index in [0.717, 1.165) is 51.7 Å². The van der Waals surface area contributed by atoms with Gasteiger partial charge in [-0.15, -0.1) is 19.7 Å². The molecular formula is C39H81FN2O12. The molecule has 0 rings (SSSR count). The van der Waals surface area contributed by atoms with Gasteiger partial charge in [0, 0.05) is 20.3 Å². The van der Waals surface area contributed by atoms with E-state index in [4.69, 9.17) is 47.7 Å². The van der Waals surface area contributed by atoms with Crippen LogP contribution < -0.4 is 10.6 Å². The second-order valence-corrected chi connectivity index (χ2v) is 11.3. The molecule has 0 spiro atoms. The minimum Gasteiger partial charge on any atom is -0.382 e. The van der Waals surface area contributed by atoms with E-state index in [9.17, 15) is 9.63 Å². The fraction of sp³-hybridized carbons (Fsp3) is 0.846. The number of aliphatic hydroxyl groups excluding tert-OH is 2. The molecule has 54 heavy (non-hydrogen) atoms. The summed E-state index contributed by atoms with van der Waals surface area (Å²) < 4.78 is 58.0. The molecule has 0 radical (unpaired) electrons. The fourth-order valence-corrected chi connectivity index (χ4v) is 3.66. The zero-order valence-electron chi connectivity index (χ0n) is 34.6. The fourth-order valence-electron chi connectivity index (χ4n) is 3.66. The van der Waals surface area contributed by atoms with Gasteiger partial charge in [0.2, 0.25) is 6.29 Å². The Bertz CT molecular complexity index is 664. The van der Waals surface area contributed by atoms with Crippen LogP contribution in [-0.2, 0) is 47.6 Å². The van der Waals surface area contributed by atoms with Crippen LogP contribution in [0.1, 0.15) is 65.7 Å². The molecule has 0 aliphatic rings. The summed E-state index contributed by atoms with van der Waals surface area (Å²) in [6.45, 7) is 28.6. The minimum atomic E-state index is -1.42. The van der Waals surface area contributed by atoms with Gasteiger partial charge in [-0.1, -0.05) is 51.8 Å².